The number of sulfonamides is 1. The summed E-state index contributed by atoms with van der Waals surface area (Å²) < 4.78 is 27.7. The van der Waals surface area contributed by atoms with Gasteiger partial charge in [0.15, 0.2) is 0 Å². The first-order valence-corrected chi connectivity index (χ1v) is 7.62. The summed E-state index contributed by atoms with van der Waals surface area (Å²) in [4.78, 5) is 14.8. The summed E-state index contributed by atoms with van der Waals surface area (Å²) in [5, 5.41) is 15.3. The highest BCUT2D eigenvalue weighted by Crippen LogP contribution is 2.13. The molecule has 10 heteroatoms. The quantitative estimate of drug-likeness (QED) is 0.604. The molecule has 0 bridgehead atoms. The van der Waals surface area contributed by atoms with Gasteiger partial charge in [0.05, 0.1) is 0 Å². The fourth-order valence-corrected chi connectivity index (χ4v) is 2.93. The van der Waals surface area contributed by atoms with Crippen molar-refractivity contribution in [2.75, 3.05) is 6.54 Å². The number of aromatic carboxylic acids is 1. The topological polar surface area (TPSA) is 130 Å². The van der Waals surface area contributed by atoms with Gasteiger partial charge in [0, 0.05) is 26.2 Å². The molecule has 2 heterocycles. The standard InChI is InChI=1S/C11H15N5O4S/c1-16-6-8(5-9(16)11(17)18)21(19,20)14-4-2-3-10-12-7-13-15-10/h5-7,14H,2-4H2,1H3,(H,17,18)(H,12,13,15). The van der Waals surface area contributed by atoms with Gasteiger partial charge in [0.1, 0.15) is 22.7 Å². The second-order valence-corrected chi connectivity index (χ2v) is 6.18. The van der Waals surface area contributed by atoms with Crippen molar-refractivity contribution in [3.05, 3.63) is 30.1 Å². The number of carbonyl (C=O) groups is 1. The van der Waals surface area contributed by atoms with Gasteiger partial charge >= 0.3 is 5.97 Å². The van der Waals surface area contributed by atoms with E-state index in [-0.39, 0.29) is 17.1 Å². The molecule has 0 amide bonds. The lowest BCUT2D eigenvalue weighted by Crippen LogP contribution is -2.24. The van der Waals surface area contributed by atoms with E-state index < -0.39 is 16.0 Å². The highest BCUT2D eigenvalue weighted by atomic mass is 32.2. The van der Waals surface area contributed by atoms with Gasteiger partial charge in [-0.25, -0.2) is 22.9 Å². The molecule has 9 nitrogen and oxygen atoms in total. The summed E-state index contributed by atoms with van der Waals surface area (Å²) in [5.74, 6) is -0.494. The second-order valence-electron chi connectivity index (χ2n) is 4.41. The van der Waals surface area contributed by atoms with Crippen LogP contribution in [0.5, 0.6) is 0 Å². The van der Waals surface area contributed by atoms with Gasteiger partial charge in [-0.2, -0.15) is 5.10 Å². The summed E-state index contributed by atoms with van der Waals surface area (Å²) in [6.45, 7) is 0.223. The Morgan fingerprint density at radius 2 is 2.29 bits per heavy atom. The van der Waals surface area contributed by atoms with E-state index in [1.165, 1.54) is 24.1 Å². The summed E-state index contributed by atoms with van der Waals surface area (Å²) in [7, 11) is -2.24. The highest BCUT2D eigenvalue weighted by Gasteiger charge is 2.19. The summed E-state index contributed by atoms with van der Waals surface area (Å²) in [5.41, 5.74) is -0.0861. The van der Waals surface area contributed by atoms with E-state index in [0.717, 1.165) is 6.07 Å². The van der Waals surface area contributed by atoms with Gasteiger partial charge in [-0.3, -0.25) is 5.10 Å². The number of nitrogens with zero attached hydrogens (tertiary/aromatic N) is 3. The highest BCUT2D eigenvalue weighted by molar-refractivity contribution is 7.89. The van der Waals surface area contributed by atoms with E-state index in [2.05, 4.69) is 19.9 Å². The molecule has 2 rings (SSSR count). The lowest BCUT2D eigenvalue weighted by molar-refractivity contribution is 0.0686. The van der Waals surface area contributed by atoms with Crippen LogP contribution in [0.25, 0.3) is 0 Å². The smallest absolute Gasteiger partial charge is 0.352 e. The number of aromatic amines is 1. The SMILES string of the molecule is Cn1cc(S(=O)(=O)NCCCc2ncn[nH]2)cc1C(=O)O. The van der Waals surface area contributed by atoms with Crippen molar-refractivity contribution >= 4 is 16.0 Å². The molecule has 0 aliphatic heterocycles. The van der Waals surface area contributed by atoms with Crippen LogP contribution in [0.1, 0.15) is 22.7 Å². The molecule has 0 atom stereocenters. The largest absolute Gasteiger partial charge is 0.477 e. The summed E-state index contributed by atoms with van der Waals surface area (Å²) in [6, 6.07) is 1.13. The number of rotatable bonds is 7. The van der Waals surface area contributed by atoms with E-state index in [1.807, 2.05) is 0 Å². The van der Waals surface area contributed by atoms with Gasteiger partial charge in [-0.1, -0.05) is 0 Å². The van der Waals surface area contributed by atoms with Crippen molar-refractivity contribution < 1.29 is 18.3 Å². The van der Waals surface area contributed by atoms with Gasteiger partial charge < -0.3 is 9.67 Å². The maximum atomic E-state index is 12.0. The minimum atomic E-state index is -3.72. The van der Waals surface area contributed by atoms with Crippen LogP contribution in [0.4, 0.5) is 0 Å². The van der Waals surface area contributed by atoms with E-state index in [1.54, 1.807) is 0 Å². The lowest BCUT2D eigenvalue weighted by atomic mass is 10.3. The molecule has 21 heavy (non-hydrogen) atoms. The Balaban J connectivity index is 1.95. The Hall–Kier alpha value is -2.20. The Morgan fingerprint density at radius 1 is 1.52 bits per heavy atom. The predicted octanol–water partition coefficient (Wildman–Crippen LogP) is -0.247. The number of aromatic nitrogens is 4. The Kier molecular flexibility index (Phi) is 4.38. The van der Waals surface area contributed by atoms with Crippen LogP contribution in [0.15, 0.2) is 23.5 Å². The second kappa shape index (κ2) is 6.06. The van der Waals surface area contributed by atoms with E-state index in [9.17, 15) is 13.2 Å². The lowest BCUT2D eigenvalue weighted by Gasteiger charge is -2.03. The van der Waals surface area contributed by atoms with Gasteiger partial charge in [0.25, 0.3) is 0 Å². The molecule has 0 aromatic carbocycles. The molecule has 0 saturated carbocycles. The molecule has 0 radical (unpaired) electrons. The number of nitrogens with one attached hydrogen (secondary N) is 2. The fourth-order valence-electron chi connectivity index (χ4n) is 1.79. The van der Waals surface area contributed by atoms with Crippen LogP contribution >= 0.6 is 0 Å². The molecule has 114 valence electrons. The number of hydrogen-bond acceptors (Lipinski definition) is 5. The summed E-state index contributed by atoms with van der Waals surface area (Å²) >= 11 is 0. The third-order valence-electron chi connectivity index (χ3n) is 2.86. The average molecular weight is 313 g/mol. The zero-order chi connectivity index (χ0) is 15.5. The average Bonchev–Trinajstić information content (AvgIpc) is 3.04. The molecule has 0 saturated heterocycles. The molecule has 0 aliphatic rings. The Bertz CT molecular complexity index is 720. The summed E-state index contributed by atoms with van der Waals surface area (Å²) in [6.07, 6.45) is 3.77. The molecule has 0 aliphatic carbocycles. The first-order chi connectivity index (χ1) is 9.90. The maximum Gasteiger partial charge on any atom is 0.352 e. The minimum absolute atomic E-state index is 0.0675. The van der Waals surface area contributed by atoms with Crippen LogP contribution in [0.2, 0.25) is 0 Å². The third kappa shape index (κ3) is 3.67. The molecular weight excluding hydrogens is 298 g/mol. The normalized spacial score (nSPS) is 11.7. The fraction of sp³-hybridized carbons (Fsp3) is 0.364. The molecular formula is C11H15N5O4S. The van der Waals surface area contributed by atoms with Crippen molar-refractivity contribution in [1.82, 2.24) is 24.5 Å². The molecule has 0 unspecified atom stereocenters. The third-order valence-corrected chi connectivity index (χ3v) is 4.28. The van der Waals surface area contributed by atoms with Crippen molar-refractivity contribution in [2.24, 2.45) is 7.05 Å². The zero-order valence-electron chi connectivity index (χ0n) is 11.3. The van der Waals surface area contributed by atoms with Crippen molar-refractivity contribution in [3.8, 4) is 0 Å². The molecule has 2 aromatic rings. The van der Waals surface area contributed by atoms with E-state index >= 15 is 0 Å². The van der Waals surface area contributed by atoms with Crippen molar-refractivity contribution in [2.45, 2.75) is 17.7 Å². The van der Waals surface area contributed by atoms with Crippen LogP contribution in [-0.4, -0.2) is 45.8 Å². The van der Waals surface area contributed by atoms with Crippen LogP contribution < -0.4 is 4.72 Å². The van der Waals surface area contributed by atoms with E-state index in [0.29, 0.717) is 18.7 Å². The minimum Gasteiger partial charge on any atom is -0.477 e. The predicted molar refractivity (Wildman–Crippen MR) is 72.3 cm³/mol. The van der Waals surface area contributed by atoms with Crippen LogP contribution in [0.3, 0.4) is 0 Å². The number of carboxylic acids is 1. The Labute approximate surface area is 121 Å². The number of aryl methyl sites for hydroxylation is 2. The number of H-pyrrole nitrogens is 1. The van der Waals surface area contributed by atoms with Crippen molar-refractivity contribution in [1.29, 1.82) is 0 Å². The van der Waals surface area contributed by atoms with Crippen LogP contribution in [0, 0.1) is 0 Å². The Morgan fingerprint density at radius 3 is 2.86 bits per heavy atom. The zero-order valence-corrected chi connectivity index (χ0v) is 12.1. The maximum absolute atomic E-state index is 12.0. The first-order valence-electron chi connectivity index (χ1n) is 6.14. The van der Waals surface area contributed by atoms with Crippen LogP contribution in [-0.2, 0) is 23.5 Å². The molecule has 0 spiro atoms. The molecule has 2 aromatic heterocycles. The van der Waals surface area contributed by atoms with E-state index in [4.69, 9.17) is 5.11 Å². The molecule has 0 fully saturated rings. The first kappa shape index (κ1) is 15.2. The van der Waals surface area contributed by atoms with Crippen molar-refractivity contribution in [3.63, 3.8) is 0 Å². The number of carboxylic acid groups (broad SMARTS) is 1. The monoisotopic (exact) mass is 313 g/mol. The van der Waals surface area contributed by atoms with Gasteiger partial charge in [-0.15, -0.1) is 0 Å². The number of hydrogen-bond donors (Lipinski definition) is 3. The van der Waals surface area contributed by atoms with Gasteiger partial charge in [-0.05, 0) is 12.5 Å². The molecule has 3 N–H and O–H groups in total. The van der Waals surface area contributed by atoms with Gasteiger partial charge in [0.2, 0.25) is 10.0 Å².